The Balaban J connectivity index is 1.96. The smallest absolute Gasteiger partial charge is 0.306 e. The average molecular weight is 289 g/mol. The fourth-order valence-corrected chi connectivity index (χ4v) is 2.98. The van der Waals surface area contributed by atoms with Gasteiger partial charge in [0.05, 0.1) is 12.3 Å². The van der Waals surface area contributed by atoms with Crippen molar-refractivity contribution in [3.05, 3.63) is 35.4 Å². The van der Waals surface area contributed by atoms with Crippen LogP contribution >= 0.6 is 0 Å². The Morgan fingerprint density at radius 3 is 2.67 bits per heavy atom. The van der Waals surface area contributed by atoms with E-state index in [-0.39, 0.29) is 17.7 Å². The first-order valence-corrected chi connectivity index (χ1v) is 7.59. The van der Waals surface area contributed by atoms with Crippen molar-refractivity contribution < 1.29 is 14.7 Å². The highest BCUT2D eigenvalue weighted by Crippen LogP contribution is 2.24. The van der Waals surface area contributed by atoms with E-state index >= 15 is 0 Å². The molecule has 1 aromatic carbocycles. The molecule has 1 aliphatic rings. The largest absolute Gasteiger partial charge is 0.481 e. The number of likely N-dealkylation sites (tertiary alicyclic amines) is 1. The van der Waals surface area contributed by atoms with Gasteiger partial charge in [-0.05, 0) is 29.9 Å². The molecule has 0 aromatic heterocycles. The molecule has 1 aliphatic heterocycles. The van der Waals surface area contributed by atoms with Crippen molar-refractivity contribution in [3.8, 4) is 0 Å². The van der Waals surface area contributed by atoms with E-state index < -0.39 is 5.97 Å². The van der Waals surface area contributed by atoms with E-state index in [2.05, 4.69) is 19.1 Å². The molecule has 114 valence electrons. The maximum atomic E-state index is 12.4. The van der Waals surface area contributed by atoms with Crippen LogP contribution in [-0.4, -0.2) is 35.0 Å². The number of aryl methyl sites for hydroxylation is 1. The zero-order chi connectivity index (χ0) is 15.4. The predicted molar refractivity (Wildman–Crippen MR) is 81.0 cm³/mol. The normalized spacial score (nSPS) is 22.1. The van der Waals surface area contributed by atoms with Crippen LogP contribution in [0.5, 0.6) is 0 Å². The molecule has 4 nitrogen and oxygen atoms in total. The Labute approximate surface area is 125 Å². The SMILES string of the molecule is CCc1cccc(CC(=O)N2CCC(C(=O)O)C(C)C2)c1. The molecule has 1 N–H and O–H groups in total. The first kappa shape index (κ1) is 15.5. The molecule has 0 spiro atoms. The summed E-state index contributed by atoms with van der Waals surface area (Å²) in [5.41, 5.74) is 2.27. The number of carbonyl (C=O) groups excluding carboxylic acids is 1. The molecule has 2 unspecified atom stereocenters. The molecule has 1 saturated heterocycles. The summed E-state index contributed by atoms with van der Waals surface area (Å²) >= 11 is 0. The summed E-state index contributed by atoms with van der Waals surface area (Å²) in [4.78, 5) is 25.3. The number of rotatable bonds is 4. The zero-order valence-corrected chi connectivity index (χ0v) is 12.7. The molecule has 1 amide bonds. The Hall–Kier alpha value is -1.84. The molecule has 4 heteroatoms. The zero-order valence-electron chi connectivity index (χ0n) is 12.7. The van der Waals surface area contributed by atoms with Gasteiger partial charge in [-0.1, -0.05) is 38.1 Å². The van der Waals surface area contributed by atoms with E-state index in [1.807, 2.05) is 24.0 Å². The number of carboxylic acids is 1. The standard InChI is InChI=1S/C17H23NO3/c1-3-13-5-4-6-14(9-13)10-16(19)18-8-7-15(17(20)21)12(2)11-18/h4-6,9,12,15H,3,7-8,10-11H2,1-2H3,(H,20,21). The predicted octanol–water partition coefficient (Wildman–Crippen LogP) is 2.36. The van der Waals surface area contributed by atoms with Crippen LogP contribution in [0.25, 0.3) is 0 Å². The second kappa shape index (κ2) is 6.74. The number of amides is 1. The van der Waals surface area contributed by atoms with Crippen LogP contribution in [0.4, 0.5) is 0 Å². The fraction of sp³-hybridized carbons (Fsp3) is 0.529. The van der Waals surface area contributed by atoms with Crippen LogP contribution < -0.4 is 0 Å². The van der Waals surface area contributed by atoms with Crippen LogP contribution in [0.15, 0.2) is 24.3 Å². The lowest BCUT2D eigenvalue weighted by Gasteiger charge is -2.35. The molecule has 0 radical (unpaired) electrons. The van der Waals surface area contributed by atoms with Gasteiger partial charge >= 0.3 is 5.97 Å². The van der Waals surface area contributed by atoms with E-state index in [9.17, 15) is 9.59 Å². The molecule has 0 aliphatic carbocycles. The van der Waals surface area contributed by atoms with Gasteiger partial charge in [-0.2, -0.15) is 0 Å². The van der Waals surface area contributed by atoms with E-state index in [4.69, 9.17) is 5.11 Å². The Morgan fingerprint density at radius 1 is 1.33 bits per heavy atom. The molecule has 2 rings (SSSR count). The highest BCUT2D eigenvalue weighted by atomic mass is 16.4. The second-order valence-corrected chi connectivity index (χ2v) is 5.90. The first-order chi connectivity index (χ1) is 10.0. The lowest BCUT2D eigenvalue weighted by atomic mass is 9.87. The summed E-state index contributed by atoms with van der Waals surface area (Å²) in [6, 6.07) is 8.10. The van der Waals surface area contributed by atoms with E-state index in [1.54, 1.807) is 0 Å². The number of carbonyl (C=O) groups is 2. The quantitative estimate of drug-likeness (QED) is 0.925. The average Bonchev–Trinajstić information content (AvgIpc) is 2.46. The summed E-state index contributed by atoms with van der Waals surface area (Å²) in [5, 5.41) is 9.12. The van der Waals surface area contributed by atoms with Crippen molar-refractivity contribution in [2.45, 2.75) is 33.1 Å². The van der Waals surface area contributed by atoms with Gasteiger partial charge in [-0.25, -0.2) is 0 Å². The van der Waals surface area contributed by atoms with Crippen molar-refractivity contribution in [1.82, 2.24) is 4.90 Å². The van der Waals surface area contributed by atoms with E-state index in [0.29, 0.717) is 25.9 Å². The summed E-state index contributed by atoms with van der Waals surface area (Å²) in [6.45, 7) is 5.10. The number of hydrogen-bond acceptors (Lipinski definition) is 2. The molecule has 1 heterocycles. The summed E-state index contributed by atoms with van der Waals surface area (Å²) in [5.74, 6) is -0.955. The molecular weight excluding hydrogens is 266 g/mol. The van der Waals surface area contributed by atoms with Gasteiger partial charge in [0.15, 0.2) is 0 Å². The Bertz CT molecular complexity index is 527. The molecule has 2 atom stereocenters. The number of benzene rings is 1. The second-order valence-electron chi connectivity index (χ2n) is 5.90. The third kappa shape index (κ3) is 3.84. The minimum absolute atomic E-state index is 0.0159. The molecule has 1 aromatic rings. The van der Waals surface area contributed by atoms with Gasteiger partial charge in [0.2, 0.25) is 5.91 Å². The van der Waals surface area contributed by atoms with Gasteiger partial charge in [-0.15, -0.1) is 0 Å². The van der Waals surface area contributed by atoms with Crippen LogP contribution in [0.2, 0.25) is 0 Å². The Kier molecular flexibility index (Phi) is 4.99. The first-order valence-electron chi connectivity index (χ1n) is 7.59. The van der Waals surface area contributed by atoms with Crippen molar-refractivity contribution in [2.75, 3.05) is 13.1 Å². The third-order valence-corrected chi connectivity index (χ3v) is 4.33. The topological polar surface area (TPSA) is 57.6 Å². The van der Waals surface area contributed by atoms with Gasteiger partial charge in [0.1, 0.15) is 0 Å². The monoisotopic (exact) mass is 289 g/mol. The van der Waals surface area contributed by atoms with Crippen molar-refractivity contribution in [1.29, 1.82) is 0 Å². The molecule has 1 fully saturated rings. The highest BCUT2D eigenvalue weighted by molar-refractivity contribution is 5.79. The van der Waals surface area contributed by atoms with Gasteiger partial charge in [-0.3, -0.25) is 9.59 Å². The number of hydrogen-bond donors (Lipinski definition) is 1. The summed E-state index contributed by atoms with van der Waals surface area (Å²) in [6.07, 6.45) is 1.92. The number of carboxylic acid groups (broad SMARTS) is 1. The number of nitrogens with zero attached hydrogens (tertiary/aromatic N) is 1. The van der Waals surface area contributed by atoms with Crippen LogP contribution in [0.3, 0.4) is 0 Å². The lowest BCUT2D eigenvalue weighted by Crippen LogP contribution is -2.45. The molecule has 0 saturated carbocycles. The van der Waals surface area contributed by atoms with Gasteiger partial charge in [0, 0.05) is 13.1 Å². The third-order valence-electron chi connectivity index (χ3n) is 4.33. The summed E-state index contributed by atoms with van der Waals surface area (Å²) in [7, 11) is 0. The minimum atomic E-state index is -0.745. The van der Waals surface area contributed by atoms with E-state index in [1.165, 1.54) is 5.56 Å². The number of aliphatic carboxylic acids is 1. The lowest BCUT2D eigenvalue weighted by molar-refractivity contribution is -0.148. The fourth-order valence-electron chi connectivity index (χ4n) is 2.98. The molecular formula is C17H23NO3. The van der Waals surface area contributed by atoms with Crippen LogP contribution in [0, 0.1) is 11.8 Å². The van der Waals surface area contributed by atoms with Gasteiger partial charge in [0.25, 0.3) is 0 Å². The number of piperidine rings is 1. The van der Waals surface area contributed by atoms with Crippen LogP contribution in [-0.2, 0) is 22.4 Å². The van der Waals surface area contributed by atoms with Crippen LogP contribution in [0.1, 0.15) is 31.4 Å². The van der Waals surface area contributed by atoms with E-state index in [0.717, 1.165) is 12.0 Å². The minimum Gasteiger partial charge on any atom is -0.481 e. The highest BCUT2D eigenvalue weighted by Gasteiger charge is 2.32. The Morgan fingerprint density at radius 2 is 2.05 bits per heavy atom. The maximum absolute atomic E-state index is 12.4. The van der Waals surface area contributed by atoms with Crippen molar-refractivity contribution >= 4 is 11.9 Å². The van der Waals surface area contributed by atoms with Gasteiger partial charge < -0.3 is 10.0 Å². The van der Waals surface area contributed by atoms with Crippen molar-refractivity contribution in [3.63, 3.8) is 0 Å². The molecule has 0 bridgehead atoms. The summed E-state index contributed by atoms with van der Waals surface area (Å²) < 4.78 is 0. The molecule has 21 heavy (non-hydrogen) atoms. The maximum Gasteiger partial charge on any atom is 0.306 e. The van der Waals surface area contributed by atoms with Crippen molar-refractivity contribution in [2.24, 2.45) is 11.8 Å².